The van der Waals surface area contributed by atoms with E-state index in [2.05, 4.69) is 6.92 Å². The molecule has 0 N–H and O–H groups in total. The minimum absolute atomic E-state index is 0.209. The second-order valence-electron chi connectivity index (χ2n) is 5.14. The van der Waals surface area contributed by atoms with Crippen LogP contribution in [0.1, 0.15) is 51.5 Å². The molecule has 1 aromatic rings. The topological polar surface area (TPSA) is 52.6 Å². The lowest BCUT2D eigenvalue weighted by Crippen LogP contribution is -2.33. The Morgan fingerprint density at radius 1 is 0.955 bits per heavy atom. The summed E-state index contributed by atoms with van der Waals surface area (Å²) in [6.45, 7) is 6.08. The Hall–Kier alpha value is -1.84. The predicted octanol–water partition coefficient (Wildman–Crippen LogP) is 3.70. The zero-order valence-corrected chi connectivity index (χ0v) is 13.7. The number of carbonyl (C=O) groups is 2. The van der Waals surface area contributed by atoms with Crippen molar-refractivity contribution in [3.05, 3.63) is 35.9 Å². The first-order valence-corrected chi connectivity index (χ1v) is 8.03. The van der Waals surface area contributed by atoms with E-state index in [1.54, 1.807) is 13.8 Å². The minimum Gasteiger partial charge on any atom is -0.465 e. The van der Waals surface area contributed by atoms with Crippen LogP contribution in [0.4, 0.5) is 0 Å². The Morgan fingerprint density at radius 3 is 1.95 bits per heavy atom. The molecule has 0 unspecified atom stereocenters. The van der Waals surface area contributed by atoms with E-state index in [9.17, 15) is 9.59 Å². The lowest BCUT2D eigenvalue weighted by Gasteiger charge is -2.24. The van der Waals surface area contributed by atoms with Gasteiger partial charge in [-0.25, -0.2) is 0 Å². The standard InChI is InChI=1S/C18H26O4/c1-4-7-13-15(14-11-9-8-10-12-14)16(17(19)21-5-2)18(20)22-6-3/h8-12,15-16H,4-7,13H2,1-3H3/t15-/m0/s1. The quantitative estimate of drug-likeness (QED) is 0.515. The van der Waals surface area contributed by atoms with Crippen LogP contribution in [0.25, 0.3) is 0 Å². The number of ether oxygens (including phenoxy) is 2. The Bertz CT molecular complexity index is 437. The Labute approximate surface area is 132 Å². The van der Waals surface area contributed by atoms with Crippen molar-refractivity contribution in [1.29, 1.82) is 0 Å². The zero-order valence-electron chi connectivity index (χ0n) is 13.7. The fraction of sp³-hybridized carbons (Fsp3) is 0.556. The van der Waals surface area contributed by atoms with Gasteiger partial charge in [-0.2, -0.15) is 0 Å². The molecule has 122 valence electrons. The van der Waals surface area contributed by atoms with Gasteiger partial charge in [-0.05, 0) is 25.8 Å². The summed E-state index contributed by atoms with van der Waals surface area (Å²) in [6.07, 6.45) is 2.69. The van der Waals surface area contributed by atoms with Gasteiger partial charge in [-0.1, -0.05) is 50.1 Å². The number of hydrogen-bond donors (Lipinski definition) is 0. The maximum Gasteiger partial charge on any atom is 0.320 e. The van der Waals surface area contributed by atoms with Gasteiger partial charge in [0.1, 0.15) is 0 Å². The highest BCUT2D eigenvalue weighted by molar-refractivity contribution is 5.96. The largest absolute Gasteiger partial charge is 0.465 e. The van der Waals surface area contributed by atoms with Crippen molar-refractivity contribution in [2.45, 2.75) is 46.0 Å². The number of esters is 2. The van der Waals surface area contributed by atoms with E-state index in [-0.39, 0.29) is 19.1 Å². The van der Waals surface area contributed by atoms with Crippen LogP contribution in [0.3, 0.4) is 0 Å². The summed E-state index contributed by atoms with van der Waals surface area (Å²) < 4.78 is 10.2. The van der Waals surface area contributed by atoms with Crippen LogP contribution in [0, 0.1) is 5.92 Å². The van der Waals surface area contributed by atoms with Gasteiger partial charge >= 0.3 is 11.9 Å². The monoisotopic (exact) mass is 306 g/mol. The highest BCUT2D eigenvalue weighted by atomic mass is 16.6. The SMILES string of the molecule is CCCC[C@@H](c1ccccc1)C(C(=O)OCC)C(=O)OCC. The van der Waals surface area contributed by atoms with Gasteiger partial charge in [0.05, 0.1) is 13.2 Å². The van der Waals surface area contributed by atoms with Crippen molar-refractivity contribution in [2.75, 3.05) is 13.2 Å². The molecule has 0 saturated carbocycles. The number of benzene rings is 1. The summed E-state index contributed by atoms with van der Waals surface area (Å²) in [4.78, 5) is 24.6. The number of unbranched alkanes of at least 4 members (excludes halogenated alkanes) is 1. The van der Waals surface area contributed by atoms with E-state index < -0.39 is 17.9 Å². The third kappa shape index (κ3) is 5.17. The van der Waals surface area contributed by atoms with Crippen LogP contribution in [-0.4, -0.2) is 25.2 Å². The first kappa shape index (κ1) is 18.2. The molecular weight excluding hydrogens is 280 g/mol. The van der Waals surface area contributed by atoms with E-state index in [1.807, 2.05) is 30.3 Å². The molecule has 0 aliphatic heterocycles. The number of carbonyl (C=O) groups excluding carboxylic acids is 2. The summed E-state index contributed by atoms with van der Waals surface area (Å²) >= 11 is 0. The summed E-state index contributed by atoms with van der Waals surface area (Å²) in [5.41, 5.74) is 0.974. The molecule has 1 rings (SSSR count). The molecule has 0 bridgehead atoms. The van der Waals surface area contributed by atoms with E-state index in [4.69, 9.17) is 9.47 Å². The van der Waals surface area contributed by atoms with Gasteiger partial charge in [0.25, 0.3) is 0 Å². The zero-order chi connectivity index (χ0) is 16.4. The van der Waals surface area contributed by atoms with Crippen LogP contribution >= 0.6 is 0 Å². The highest BCUT2D eigenvalue weighted by Crippen LogP contribution is 2.32. The third-order valence-electron chi connectivity index (χ3n) is 3.58. The summed E-state index contributed by atoms with van der Waals surface area (Å²) in [7, 11) is 0. The van der Waals surface area contributed by atoms with E-state index in [0.717, 1.165) is 24.8 Å². The van der Waals surface area contributed by atoms with Crippen molar-refractivity contribution < 1.29 is 19.1 Å². The van der Waals surface area contributed by atoms with Crippen LogP contribution in [0.5, 0.6) is 0 Å². The predicted molar refractivity (Wildman–Crippen MR) is 85.5 cm³/mol. The van der Waals surface area contributed by atoms with Crippen molar-refractivity contribution in [3.63, 3.8) is 0 Å². The van der Waals surface area contributed by atoms with Crippen molar-refractivity contribution in [1.82, 2.24) is 0 Å². The summed E-state index contributed by atoms with van der Waals surface area (Å²) in [5, 5.41) is 0. The second kappa shape index (κ2) is 9.98. The molecule has 4 heteroatoms. The lowest BCUT2D eigenvalue weighted by molar-refractivity contribution is -0.163. The number of rotatable bonds is 9. The molecule has 0 spiro atoms. The molecule has 0 aliphatic rings. The molecule has 22 heavy (non-hydrogen) atoms. The van der Waals surface area contributed by atoms with Gasteiger partial charge in [0.2, 0.25) is 0 Å². The first-order chi connectivity index (χ1) is 10.7. The molecule has 0 amide bonds. The Kier molecular flexibility index (Phi) is 8.26. The van der Waals surface area contributed by atoms with E-state index >= 15 is 0 Å². The summed E-state index contributed by atoms with van der Waals surface area (Å²) in [5.74, 6) is -2.09. The average Bonchev–Trinajstić information content (AvgIpc) is 2.52. The molecule has 0 aromatic heterocycles. The molecule has 1 aromatic carbocycles. The highest BCUT2D eigenvalue weighted by Gasteiger charge is 2.37. The maximum atomic E-state index is 12.3. The van der Waals surface area contributed by atoms with Gasteiger partial charge in [0, 0.05) is 5.92 Å². The first-order valence-electron chi connectivity index (χ1n) is 8.03. The normalized spacial score (nSPS) is 12.0. The van der Waals surface area contributed by atoms with Crippen molar-refractivity contribution >= 4 is 11.9 Å². The molecule has 0 saturated heterocycles. The fourth-order valence-electron chi connectivity index (χ4n) is 2.54. The van der Waals surface area contributed by atoms with Gasteiger partial charge < -0.3 is 9.47 Å². The second-order valence-corrected chi connectivity index (χ2v) is 5.14. The maximum absolute atomic E-state index is 12.3. The molecule has 0 aliphatic carbocycles. The fourth-order valence-corrected chi connectivity index (χ4v) is 2.54. The smallest absolute Gasteiger partial charge is 0.320 e. The van der Waals surface area contributed by atoms with Crippen LogP contribution < -0.4 is 0 Å². The van der Waals surface area contributed by atoms with Crippen molar-refractivity contribution in [3.8, 4) is 0 Å². The molecule has 0 radical (unpaired) electrons. The minimum atomic E-state index is -0.895. The lowest BCUT2D eigenvalue weighted by atomic mass is 9.82. The number of hydrogen-bond acceptors (Lipinski definition) is 4. The molecular formula is C18H26O4. The molecule has 0 heterocycles. The Morgan fingerprint density at radius 2 is 1.50 bits per heavy atom. The third-order valence-corrected chi connectivity index (χ3v) is 3.58. The average molecular weight is 306 g/mol. The van der Waals surface area contributed by atoms with Crippen LogP contribution in [0.2, 0.25) is 0 Å². The van der Waals surface area contributed by atoms with Crippen LogP contribution in [-0.2, 0) is 19.1 Å². The van der Waals surface area contributed by atoms with E-state index in [0.29, 0.717) is 0 Å². The van der Waals surface area contributed by atoms with Gasteiger partial charge in [-0.15, -0.1) is 0 Å². The Balaban J connectivity index is 3.11. The van der Waals surface area contributed by atoms with Gasteiger partial charge in [-0.3, -0.25) is 9.59 Å². The van der Waals surface area contributed by atoms with Crippen LogP contribution in [0.15, 0.2) is 30.3 Å². The van der Waals surface area contributed by atoms with E-state index in [1.165, 1.54) is 0 Å². The van der Waals surface area contributed by atoms with Gasteiger partial charge in [0.15, 0.2) is 5.92 Å². The molecule has 4 nitrogen and oxygen atoms in total. The van der Waals surface area contributed by atoms with Crippen molar-refractivity contribution in [2.24, 2.45) is 5.92 Å². The molecule has 0 fully saturated rings. The summed E-state index contributed by atoms with van der Waals surface area (Å²) in [6, 6.07) is 9.66. The molecule has 1 atom stereocenters.